The van der Waals surface area contributed by atoms with E-state index < -0.39 is 6.10 Å². The van der Waals surface area contributed by atoms with Gasteiger partial charge in [0.25, 0.3) is 0 Å². The van der Waals surface area contributed by atoms with E-state index in [4.69, 9.17) is 14.2 Å². The molecule has 0 aromatic rings. The van der Waals surface area contributed by atoms with Gasteiger partial charge in [0.15, 0.2) is 6.10 Å². The largest absolute Gasteiger partial charge is 0.462 e. The highest BCUT2D eigenvalue weighted by atomic mass is 16.6. The number of carbonyl (C=O) groups excluding carboxylic acids is 3. The van der Waals surface area contributed by atoms with Gasteiger partial charge in [-0.2, -0.15) is 0 Å². The molecule has 346 valence electrons. The van der Waals surface area contributed by atoms with Crippen LogP contribution in [0.1, 0.15) is 181 Å². The highest BCUT2D eigenvalue weighted by Gasteiger charge is 2.19. The van der Waals surface area contributed by atoms with E-state index in [0.717, 1.165) is 103 Å². The van der Waals surface area contributed by atoms with Gasteiger partial charge >= 0.3 is 17.9 Å². The number of unbranched alkanes of at least 4 members (excludes halogenated alkanes) is 14. The summed E-state index contributed by atoms with van der Waals surface area (Å²) in [5.74, 6) is -1.03. The van der Waals surface area contributed by atoms with Gasteiger partial charge in [0.05, 0.1) is 0 Å². The Hall–Kier alpha value is -4.45. The molecule has 0 aliphatic rings. The van der Waals surface area contributed by atoms with Crippen LogP contribution < -0.4 is 0 Å². The van der Waals surface area contributed by atoms with Crippen LogP contribution in [-0.4, -0.2) is 37.2 Å². The van der Waals surface area contributed by atoms with Gasteiger partial charge in [-0.05, 0) is 96.3 Å². The molecule has 0 fully saturated rings. The van der Waals surface area contributed by atoms with Crippen LogP contribution >= 0.6 is 0 Å². The monoisotopic (exact) mass is 855 g/mol. The zero-order valence-corrected chi connectivity index (χ0v) is 39.3. The molecule has 1 unspecified atom stereocenters. The maximum atomic E-state index is 12.8. The van der Waals surface area contributed by atoms with Gasteiger partial charge in [0.2, 0.25) is 0 Å². The van der Waals surface area contributed by atoms with Gasteiger partial charge in [0.1, 0.15) is 13.2 Å². The summed E-state index contributed by atoms with van der Waals surface area (Å²) >= 11 is 0. The Morgan fingerprint density at radius 1 is 0.355 bits per heavy atom. The van der Waals surface area contributed by atoms with Crippen LogP contribution in [0.3, 0.4) is 0 Å². The van der Waals surface area contributed by atoms with Gasteiger partial charge in [0, 0.05) is 19.3 Å². The first-order valence-electron chi connectivity index (χ1n) is 24.3. The summed E-state index contributed by atoms with van der Waals surface area (Å²) in [4.78, 5) is 37.9. The molecular formula is C56H86O6. The predicted octanol–water partition coefficient (Wildman–Crippen LogP) is 15.9. The van der Waals surface area contributed by atoms with Crippen molar-refractivity contribution in [2.45, 2.75) is 187 Å². The Bertz CT molecular complexity index is 1400. The standard InChI is InChI=1S/C56H86O6/c1-4-7-10-13-16-19-22-25-27-28-30-31-34-37-40-43-46-49-55(58)61-52-53(51-60-54(57)48-45-42-39-36-33-24-21-18-15-12-9-6-3)62-56(59)50-47-44-41-38-35-32-29-26-23-20-17-14-11-8-5-2/h7,9-10,12-13,16-23,25-28,30-31,33-34,36,53H,4-6,8,11,14-15,24,29,32,35,37-52H2,1-3H3/b10-7-,12-9-,16-13-,20-17-,21-18-,22-19-,26-23-,27-25-,30-28+,34-31-,36-33-. The van der Waals surface area contributed by atoms with Crippen molar-refractivity contribution in [3.8, 4) is 0 Å². The molecule has 6 heteroatoms. The van der Waals surface area contributed by atoms with Gasteiger partial charge in [-0.25, -0.2) is 0 Å². The SMILES string of the molecule is CC\C=C/C=C\C=C/C=C\C=C\C=C/CCCCCC(=O)OCC(COC(=O)CCCC/C=C\C/C=C\C/C=C\CC)OC(=O)CCCCCCCC/C=C\C=C/CCCCC. The van der Waals surface area contributed by atoms with Crippen LogP contribution in [0.25, 0.3) is 0 Å². The minimum absolute atomic E-state index is 0.123. The molecule has 0 aliphatic carbocycles. The lowest BCUT2D eigenvalue weighted by atomic mass is 10.1. The van der Waals surface area contributed by atoms with Gasteiger partial charge in [-0.15, -0.1) is 0 Å². The summed E-state index contributed by atoms with van der Waals surface area (Å²) in [5.41, 5.74) is 0. The molecule has 62 heavy (non-hydrogen) atoms. The van der Waals surface area contributed by atoms with E-state index in [9.17, 15) is 14.4 Å². The van der Waals surface area contributed by atoms with Crippen LogP contribution in [0.5, 0.6) is 0 Å². The van der Waals surface area contributed by atoms with E-state index in [2.05, 4.69) is 93.7 Å². The van der Waals surface area contributed by atoms with Gasteiger partial charge in [-0.3, -0.25) is 14.4 Å². The lowest BCUT2D eigenvalue weighted by Gasteiger charge is -2.18. The van der Waals surface area contributed by atoms with E-state index in [-0.39, 0.29) is 31.1 Å². The van der Waals surface area contributed by atoms with Crippen LogP contribution in [-0.2, 0) is 28.6 Å². The fourth-order valence-electron chi connectivity index (χ4n) is 5.95. The summed E-state index contributed by atoms with van der Waals surface area (Å²) in [6.07, 6.45) is 68.6. The molecule has 0 amide bonds. The average molecular weight is 855 g/mol. The third-order valence-electron chi connectivity index (χ3n) is 9.56. The molecule has 1 atom stereocenters. The van der Waals surface area contributed by atoms with Crippen molar-refractivity contribution in [1.29, 1.82) is 0 Å². The van der Waals surface area contributed by atoms with Crippen LogP contribution in [0.4, 0.5) is 0 Å². The molecule has 0 aromatic heterocycles. The van der Waals surface area contributed by atoms with Gasteiger partial charge < -0.3 is 14.2 Å². The number of esters is 3. The fraction of sp³-hybridized carbons (Fsp3) is 0.554. The number of hydrogen-bond donors (Lipinski definition) is 0. The topological polar surface area (TPSA) is 78.9 Å². The van der Waals surface area contributed by atoms with Crippen molar-refractivity contribution in [1.82, 2.24) is 0 Å². The fourth-order valence-corrected chi connectivity index (χ4v) is 5.95. The van der Waals surface area contributed by atoms with Crippen LogP contribution in [0.15, 0.2) is 134 Å². The van der Waals surface area contributed by atoms with Crippen molar-refractivity contribution < 1.29 is 28.6 Å². The van der Waals surface area contributed by atoms with E-state index in [0.29, 0.717) is 25.7 Å². The highest BCUT2D eigenvalue weighted by molar-refractivity contribution is 5.71. The quantitative estimate of drug-likeness (QED) is 0.0200. The van der Waals surface area contributed by atoms with Crippen LogP contribution in [0.2, 0.25) is 0 Å². The summed E-state index contributed by atoms with van der Waals surface area (Å²) in [6.45, 7) is 6.23. The Kier molecular flexibility index (Phi) is 45.7. The van der Waals surface area contributed by atoms with Crippen molar-refractivity contribution >= 4 is 17.9 Å². The Morgan fingerprint density at radius 3 is 1.24 bits per heavy atom. The summed E-state index contributed by atoms with van der Waals surface area (Å²) in [6, 6.07) is 0. The second-order valence-corrected chi connectivity index (χ2v) is 15.4. The number of allylic oxidation sites excluding steroid dienone is 22. The number of hydrogen-bond acceptors (Lipinski definition) is 6. The molecule has 0 saturated heterocycles. The molecule has 0 aliphatic heterocycles. The second kappa shape index (κ2) is 49.2. The van der Waals surface area contributed by atoms with Crippen molar-refractivity contribution in [2.24, 2.45) is 0 Å². The van der Waals surface area contributed by atoms with E-state index in [1.54, 1.807) is 0 Å². The number of rotatable bonds is 41. The lowest BCUT2D eigenvalue weighted by molar-refractivity contribution is -0.167. The molecule has 0 aromatic carbocycles. The highest BCUT2D eigenvalue weighted by Crippen LogP contribution is 2.12. The number of ether oxygens (including phenoxy) is 3. The minimum atomic E-state index is -0.822. The zero-order chi connectivity index (χ0) is 45.1. The lowest BCUT2D eigenvalue weighted by Crippen LogP contribution is -2.30. The molecule has 0 N–H and O–H groups in total. The molecular weight excluding hydrogens is 769 g/mol. The van der Waals surface area contributed by atoms with Crippen LogP contribution in [0, 0.1) is 0 Å². The molecule has 0 saturated carbocycles. The average Bonchev–Trinajstić information content (AvgIpc) is 3.27. The Balaban J connectivity index is 4.58. The van der Waals surface area contributed by atoms with E-state index >= 15 is 0 Å². The van der Waals surface area contributed by atoms with Crippen molar-refractivity contribution in [2.75, 3.05) is 13.2 Å². The Labute approximate surface area is 379 Å². The third-order valence-corrected chi connectivity index (χ3v) is 9.56. The molecule has 0 spiro atoms. The third kappa shape index (κ3) is 46.6. The maximum Gasteiger partial charge on any atom is 0.306 e. The zero-order valence-electron chi connectivity index (χ0n) is 39.3. The minimum Gasteiger partial charge on any atom is -0.462 e. The molecule has 0 heterocycles. The number of carbonyl (C=O) groups is 3. The molecule has 0 rings (SSSR count). The summed E-state index contributed by atoms with van der Waals surface area (Å²) in [5, 5.41) is 0. The maximum absolute atomic E-state index is 12.8. The predicted molar refractivity (Wildman–Crippen MR) is 265 cm³/mol. The van der Waals surface area contributed by atoms with Gasteiger partial charge in [-0.1, -0.05) is 199 Å². The first-order valence-corrected chi connectivity index (χ1v) is 24.3. The summed E-state index contributed by atoms with van der Waals surface area (Å²) in [7, 11) is 0. The first-order chi connectivity index (χ1) is 30.5. The molecule has 6 nitrogen and oxygen atoms in total. The van der Waals surface area contributed by atoms with Crippen molar-refractivity contribution in [3.05, 3.63) is 134 Å². The Morgan fingerprint density at radius 2 is 0.710 bits per heavy atom. The molecule has 0 bridgehead atoms. The smallest absolute Gasteiger partial charge is 0.306 e. The van der Waals surface area contributed by atoms with E-state index in [1.807, 2.05) is 60.8 Å². The van der Waals surface area contributed by atoms with Crippen molar-refractivity contribution in [3.63, 3.8) is 0 Å². The first kappa shape index (κ1) is 57.5. The molecule has 0 radical (unpaired) electrons. The normalized spacial score (nSPS) is 13.3. The summed E-state index contributed by atoms with van der Waals surface area (Å²) < 4.78 is 16.7. The van der Waals surface area contributed by atoms with E-state index in [1.165, 1.54) is 32.1 Å². The second-order valence-electron chi connectivity index (χ2n) is 15.4.